The predicted molar refractivity (Wildman–Crippen MR) is 109 cm³/mol. The lowest BCUT2D eigenvalue weighted by Gasteiger charge is -2.25. The van der Waals surface area contributed by atoms with Crippen molar-refractivity contribution in [2.75, 3.05) is 20.3 Å². The molecule has 1 aliphatic heterocycles. The van der Waals surface area contributed by atoms with Crippen LogP contribution in [0.1, 0.15) is 28.8 Å². The van der Waals surface area contributed by atoms with Crippen LogP contribution in [0.3, 0.4) is 0 Å². The number of hydrogen-bond acceptors (Lipinski definition) is 5. The molecule has 2 heterocycles. The van der Waals surface area contributed by atoms with Crippen LogP contribution in [-0.4, -0.2) is 37.2 Å². The van der Waals surface area contributed by atoms with Gasteiger partial charge in [-0.1, -0.05) is 42.5 Å². The fraction of sp³-hybridized carbons (Fsp3) is 0.304. The highest BCUT2D eigenvalue weighted by Gasteiger charge is 2.26. The Bertz CT molecular complexity index is 1050. The van der Waals surface area contributed by atoms with Crippen LogP contribution in [0.2, 0.25) is 0 Å². The molecule has 1 saturated heterocycles. The van der Waals surface area contributed by atoms with E-state index in [1.54, 1.807) is 29.2 Å². The molecule has 1 aromatic heterocycles. The smallest absolute Gasteiger partial charge is 0.349 e. The SMILES string of the molecule is COc1cccc2cc(C(=O)N(Cc3ccccc3)C[C@H]3CCCO3)c(=O)oc12. The first-order chi connectivity index (χ1) is 14.2. The van der Waals surface area contributed by atoms with E-state index < -0.39 is 5.63 Å². The van der Waals surface area contributed by atoms with Gasteiger partial charge >= 0.3 is 5.63 Å². The molecule has 6 nitrogen and oxygen atoms in total. The second kappa shape index (κ2) is 8.49. The second-order valence-corrected chi connectivity index (χ2v) is 7.13. The monoisotopic (exact) mass is 393 g/mol. The molecular weight excluding hydrogens is 370 g/mol. The van der Waals surface area contributed by atoms with E-state index in [2.05, 4.69) is 0 Å². The molecule has 1 amide bonds. The minimum absolute atomic E-state index is 0.0136. The summed E-state index contributed by atoms with van der Waals surface area (Å²) < 4.78 is 16.4. The van der Waals surface area contributed by atoms with Gasteiger partial charge in [-0.05, 0) is 30.5 Å². The Morgan fingerprint density at radius 1 is 1.17 bits per heavy atom. The zero-order valence-corrected chi connectivity index (χ0v) is 16.3. The van der Waals surface area contributed by atoms with E-state index in [1.807, 2.05) is 30.3 Å². The number of amides is 1. The number of nitrogens with zero attached hydrogens (tertiary/aromatic N) is 1. The van der Waals surface area contributed by atoms with E-state index in [0.717, 1.165) is 18.4 Å². The Morgan fingerprint density at radius 3 is 2.72 bits per heavy atom. The van der Waals surface area contributed by atoms with Gasteiger partial charge in [0.2, 0.25) is 0 Å². The third-order valence-corrected chi connectivity index (χ3v) is 5.13. The van der Waals surface area contributed by atoms with Gasteiger partial charge in [-0.25, -0.2) is 4.79 Å². The number of para-hydroxylation sites is 1. The number of methoxy groups -OCH3 is 1. The molecule has 2 aromatic carbocycles. The van der Waals surface area contributed by atoms with E-state index in [4.69, 9.17) is 13.9 Å². The molecule has 0 bridgehead atoms. The average Bonchev–Trinajstić information content (AvgIpc) is 3.26. The van der Waals surface area contributed by atoms with Gasteiger partial charge in [-0.3, -0.25) is 4.79 Å². The van der Waals surface area contributed by atoms with Gasteiger partial charge in [0.25, 0.3) is 5.91 Å². The first-order valence-corrected chi connectivity index (χ1v) is 9.71. The molecule has 150 valence electrons. The number of hydrogen-bond donors (Lipinski definition) is 0. The molecule has 0 radical (unpaired) electrons. The topological polar surface area (TPSA) is 69.0 Å². The Labute approximate surface area is 168 Å². The predicted octanol–water partition coefficient (Wildman–Crippen LogP) is 3.62. The minimum Gasteiger partial charge on any atom is -0.493 e. The fourth-order valence-electron chi connectivity index (χ4n) is 3.66. The van der Waals surface area contributed by atoms with Crippen molar-refractivity contribution in [1.29, 1.82) is 0 Å². The molecule has 29 heavy (non-hydrogen) atoms. The summed E-state index contributed by atoms with van der Waals surface area (Å²) in [6, 6.07) is 16.6. The largest absolute Gasteiger partial charge is 0.493 e. The molecule has 0 unspecified atom stereocenters. The highest BCUT2D eigenvalue weighted by molar-refractivity contribution is 5.97. The zero-order chi connectivity index (χ0) is 20.2. The molecule has 3 aromatic rings. The molecule has 4 rings (SSSR count). The summed E-state index contributed by atoms with van der Waals surface area (Å²) in [4.78, 5) is 27.6. The standard InChI is InChI=1S/C23H23NO5/c1-27-20-11-5-9-17-13-19(23(26)29-21(17)20)22(25)24(15-18-10-6-12-28-18)14-16-7-3-2-4-8-16/h2-5,7-9,11,13,18H,6,10,12,14-15H2,1H3/t18-/m1/s1. The maximum Gasteiger partial charge on any atom is 0.349 e. The van der Waals surface area contributed by atoms with Crippen LogP contribution >= 0.6 is 0 Å². The molecule has 1 aliphatic rings. The number of benzene rings is 2. The molecule has 0 saturated carbocycles. The Balaban J connectivity index is 1.69. The molecule has 0 spiro atoms. The molecule has 1 atom stereocenters. The van der Waals surface area contributed by atoms with Crippen molar-refractivity contribution in [3.8, 4) is 5.75 Å². The third-order valence-electron chi connectivity index (χ3n) is 5.13. The summed E-state index contributed by atoms with van der Waals surface area (Å²) in [5.41, 5.74) is 0.674. The lowest BCUT2D eigenvalue weighted by molar-refractivity contribution is 0.0504. The van der Waals surface area contributed by atoms with E-state index in [0.29, 0.717) is 36.4 Å². The number of carbonyl (C=O) groups is 1. The van der Waals surface area contributed by atoms with Crippen LogP contribution in [0.15, 0.2) is 63.8 Å². The molecule has 6 heteroatoms. The van der Waals surface area contributed by atoms with E-state index in [-0.39, 0.29) is 17.6 Å². The lowest BCUT2D eigenvalue weighted by Crippen LogP contribution is -2.38. The van der Waals surface area contributed by atoms with Gasteiger partial charge in [0.1, 0.15) is 5.56 Å². The first kappa shape index (κ1) is 19.2. The van der Waals surface area contributed by atoms with E-state index in [1.165, 1.54) is 7.11 Å². The van der Waals surface area contributed by atoms with Gasteiger partial charge in [-0.2, -0.15) is 0 Å². The van der Waals surface area contributed by atoms with Gasteiger partial charge in [0, 0.05) is 25.1 Å². The highest BCUT2D eigenvalue weighted by atomic mass is 16.5. The summed E-state index contributed by atoms with van der Waals surface area (Å²) >= 11 is 0. The van der Waals surface area contributed by atoms with Crippen LogP contribution in [0.25, 0.3) is 11.0 Å². The van der Waals surface area contributed by atoms with E-state index >= 15 is 0 Å². The fourth-order valence-corrected chi connectivity index (χ4v) is 3.66. The summed E-state index contributed by atoms with van der Waals surface area (Å²) in [7, 11) is 1.51. The van der Waals surface area contributed by atoms with Crippen molar-refractivity contribution >= 4 is 16.9 Å². The van der Waals surface area contributed by atoms with Crippen LogP contribution in [0.4, 0.5) is 0 Å². The van der Waals surface area contributed by atoms with Crippen molar-refractivity contribution in [2.24, 2.45) is 0 Å². The highest BCUT2D eigenvalue weighted by Crippen LogP contribution is 2.25. The summed E-state index contributed by atoms with van der Waals surface area (Å²) in [6.07, 6.45) is 1.87. The summed E-state index contributed by atoms with van der Waals surface area (Å²) in [5.74, 6) is 0.0990. The lowest BCUT2D eigenvalue weighted by atomic mass is 10.1. The maximum absolute atomic E-state index is 13.3. The van der Waals surface area contributed by atoms with Gasteiger partial charge < -0.3 is 18.8 Å². The molecular formula is C23H23NO5. The second-order valence-electron chi connectivity index (χ2n) is 7.13. The van der Waals surface area contributed by atoms with Gasteiger partial charge in [0.15, 0.2) is 11.3 Å². The molecule has 0 aliphatic carbocycles. The Kier molecular flexibility index (Phi) is 5.62. The van der Waals surface area contributed by atoms with Gasteiger partial charge in [0.05, 0.1) is 13.2 Å². The zero-order valence-electron chi connectivity index (χ0n) is 16.3. The van der Waals surface area contributed by atoms with Crippen molar-refractivity contribution < 1.29 is 18.7 Å². The normalized spacial score (nSPS) is 16.1. The van der Waals surface area contributed by atoms with Crippen molar-refractivity contribution in [2.45, 2.75) is 25.5 Å². The first-order valence-electron chi connectivity index (χ1n) is 9.71. The molecule has 0 N–H and O–H groups in total. The van der Waals surface area contributed by atoms with E-state index in [9.17, 15) is 9.59 Å². The van der Waals surface area contributed by atoms with Gasteiger partial charge in [-0.15, -0.1) is 0 Å². The average molecular weight is 393 g/mol. The van der Waals surface area contributed by atoms with Crippen molar-refractivity contribution in [3.63, 3.8) is 0 Å². The number of carbonyl (C=O) groups excluding carboxylic acids is 1. The van der Waals surface area contributed by atoms with Crippen LogP contribution in [0.5, 0.6) is 5.75 Å². The minimum atomic E-state index is -0.669. The number of rotatable bonds is 6. The number of ether oxygens (including phenoxy) is 2. The van der Waals surface area contributed by atoms with Crippen molar-refractivity contribution in [3.05, 3.63) is 76.1 Å². The summed E-state index contributed by atoms with van der Waals surface area (Å²) in [5, 5.41) is 0.643. The number of fused-ring (bicyclic) bond motifs is 1. The quantitative estimate of drug-likeness (QED) is 0.598. The van der Waals surface area contributed by atoms with Crippen LogP contribution in [0, 0.1) is 0 Å². The van der Waals surface area contributed by atoms with Crippen LogP contribution < -0.4 is 10.4 Å². The Morgan fingerprint density at radius 2 is 2.00 bits per heavy atom. The summed E-state index contributed by atoms with van der Waals surface area (Å²) in [6.45, 7) is 1.54. The maximum atomic E-state index is 13.3. The third kappa shape index (κ3) is 4.17. The molecule has 1 fully saturated rings. The van der Waals surface area contributed by atoms with Crippen LogP contribution in [-0.2, 0) is 11.3 Å². The Hall–Kier alpha value is -3.12. The van der Waals surface area contributed by atoms with Crippen molar-refractivity contribution in [1.82, 2.24) is 4.90 Å².